The second-order valence-electron chi connectivity index (χ2n) is 5.86. The number of ether oxygens (including phenoxy) is 1. The van der Waals surface area contributed by atoms with Gasteiger partial charge in [-0.15, -0.1) is 0 Å². The molecule has 2 aliphatic rings. The first kappa shape index (κ1) is 13.8. The number of rotatable bonds is 8. The van der Waals surface area contributed by atoms with Gasteiger partial charge in [-0.05, 0) is 58.5 Å². The first-order valence-electron chi connectivity index (χ1n) is 7.17. The molecule has 0 aliphatic heterocycles. The van der Waals surface area contributed by atoms with Crippen molar-refractivity contribution in [1.82, 2.24) is 10.2 Å². The van der Waals surface area contributed by atoms with Crippen LogP contribution < -0.4 is 5.32 Å². The molecule has 2 saturated carbocycles. The van der Waals surface area contributed by atoms with Crippen molar-refractivity contribution in [3.63, 3.8) is 0 Å². The summed E-state index contributed by atoms with van der Waals surface area (Å²) in [6, 6.07) is 0. The summed E-state index contributed by atoms with van der Waals surface area (Å²) in [6.07, 6.45) is 4.97. The van der Waals surface area contributed by atoms with Crippen LogP contribution in [0.3, 0.4) is 0 Å². The van der Waals surface area contributed by atoms with Gasteiger partial charge >= 0.3 is 5.97 Å². The van der Waals surface area contributed by atoms with Crippen LogP contribution in [0.2, 0.25) is 0 Å². The number of carbonyl (C=O) groups is 1. The number of nitrogens with zero attached hydrogens (tertiary/aromatic N) is 1. The lowest BCUT2D eigenvalue weighted by Gasteiger charge is -2.35. The molecule has 2 aliphatic carbocycles. The molecule has 0 aromatic carbocycles. The number of esters is 1. The maximum Gasteiger partial charge on any atom is 0.327 e. The Morgan fingerprint density at radius 1 is 1.39 bits per heavy atom. The van der Waals surface area contributed by atoms with Gasteiger partial charge in [-0.1, -0.05) is 0 Å². The van der Waals surface area contributed by atoms with Gasteiger partial charge in [-0.2, -0.15) is 0 Å². The van der Waals surface area contributed by atoms with Crippen LogP contribution in [0, 0.1) is 11.8 Å². The molecule has 2 fully saturated rings. The van der Waals surface area contributed by atoms with Crippen LogP contribution in [-0.4, -0.2) is 50.2 Å². The van der Waals surface area contributed by atoms with Crippen LogP contribution in [0.5, 0.6) is 0 Å². The molecule has 0 spiro atoms. The Morgan fingerprint density at radius 2 is 2.06 bits per heavy atom. The molecule has 18 heavy (non-hydrogen) atoms. The Balaban J connectivity index is 2.00. The number of carbonyl (C=O) groups excluding carboxylic acids is 1. The zero-order valence-corrected chi connectivity index (χ0v) is 11.9. The van der Waals surface area contributed by atoms with E-state index in [0.29, 0.717) is 12.5 Å². The van der Waals surface area contributed by atoms with Crippen molar-refractivity contribution in [2.45, 2.75) is 38.1 Å². The molecule has 0 bridgehead atoms. The summed E-state index contributed by atoms with van der Waals surface area (Å²) in [5.74, 6) is 1.23. The molecule has 0 saturated heterocycles. The maximum absolute atomic E-state index is 12.3. The zero-order chi connectivity index (χ0) is 13.2. The van der Waals surface area contributed by atoms with Gasteiger partial charge in [0, 0.05) is 13.1 Å². The molecular weight excluding hydrogens is 228 g/mol. The summed E-state index contributed by atoms with van der Waals surface area (Å²) < 4.78 is 5.29. The lowest BCUT2D eigenvalue weighted by Crippen LogP contribution is -2.59. The SMILES string of the molecule is CCOC(=O)C(CN(C)CC1CC1)(NC)C1CC1. The Bertz CT molecular complexity index is 300. The highest BCUT2D eigenvalue weighted by atomic mass is 16.5. The highest BCUT2D eigenvalue weighted by Gasteiger charge is 2.51. The van der Waals surface area contributed by atoms with Crippen molar-refractivity contribution in [3.8, 4) is 0 Å². The minimum atomic E-state index is -0.486. The summed E-state index contributed by atoms with van der Waals surface area (Å²) >= 11 is 0. The predicted octanol–water partition coefficient (Wildman–Crippen LogP) is 1.26. The van der Waals surface area contributed by atoms with Crippen molar-refractivity contribution >= 4 is 5.97 Å². The van der Waals surface area contributed by atoms with Crippen LogP contribution in [-0.2, 0) is 9.53 Å². The van der Waals surface area contributed by atoms with E-state index in [1.807, 2.05) is 14.0 Å². The van der Waals surface area contributed by atoms with Gasteiger partial charge < -0.3 is 15.0 Å². The maximum atomic E-state index is 12.3. The fourth-order valence-electron chi connectivity index (χ4n) is 2.81. The monoisotopic (exact) mass is 254 g/mol. The predicted molar refractivity (Wildman–Crippen MR) is 71.4 cm³/mol. The van der Waals surface area contributed by atoms with Gasteiger partial charge in [0.15, 0.2) is 0 Å². The summed E-state index contributed by atoms with van der Waals surface area (Å²) in [5.41, 5.74) is -0.486. The van der Waals surface area contributed by atoms with E-state index < -0.39 is 5.54 Å². The average molecular weight is 254 g/mol. The second-order valence-corrected chi connectivity index (χ2v) is 5.86. The Hall–Kier alpha value is -0.610. The normalized spacial score (nSPS) is 22.9. The third-order valence-electron chi connectivity index (χ3n) is 4.15. The minimum absolute atomic E-state index is 0.0716. The van der Waals surface area contributed by atoms with E-state index in [1.54, 1.807) is 0 Å². The number of hydrogen-bond acceptors (Lipinski definition) is 4. The number of likely N-dealkylation sites (N-methyl/N-ethyl adjacent to an activating group) is 2. The van der Waals surface area contributed by atoms with Crippen molar-refractivity contribution in [2.24, 2.45) is 11.8 Å². The van der Waals surface area contributed by atoms with Crippen LogP contribution >= 0.6 is 0 Å². The molecule has 2 rings (SSSR count). The smallest absolute Gasteiger partial charge is 0.327 e. The summed E-state index contributed by atoms with van der Waals surface area (Å²) in [6.45, 7) is 4.21. The minimum Gasteiger partial charge on any atom is -0.465 e. The average Bonchev–Trinajstić information content (AvgIpc) is 3.18. The molecular formula is C14H26N2O2. The highest BCUT2D eigenvalue weighted by Crippen LogP contribution is 2.41. The van der Waals surface area contributed by atoms with Gasteiger partial charge in [0.2, 0.25) is 0 Å². The summed E-state index contributed by atoms with van der Waals surface area (Å²) in [7, 11) is 4.01. The summed E-state index contributed by atoms with van der Waals surface area (Å²) in [5, 5.41) is 3.27. The lowest BCUT2D eigenvalue weighted by molar-refractivity contribution is -0.153. The number of hydrogen-bond donors (Lipinski definition) is 1. The summed E-state index contributed by atoms with van der Waals surface area (Å²) in [4.78, 5) is 14.6. The first-order chi connectivity index (χ1) is 8.62. The van der Waals surface area contributed by atoms with Crippen molar-refractivity contribution in [3.05, 3.63) is 0 Å². The van der Waals surface area contributed by atoms with E-state index in [-0.39, 0.29) is 5.97 Å². The second kappa shape index (κ2) is 5.57. The third kappa shape index (κ3) is 3.04. The molecule has 104 valence electrons. The van der Waals surface area contributed by atoms with E-state index >= 15 is 0 Å². The van der Waals surface area contributed by atoms with Gasteiger partial charge in [0.25, 0.3) is 0 Å². The van der Waals surface area contributed by atoms with E-state index in [4.69, 9.17) is 4.74 Å². The fourth-order valence-corrected chi connectivity index (χ4v) is 2.81. The van der Waals surface area contributed by atoms with Crippen molar-refractivity contribution in [2.75, 3.05) is 33.8 Å². The van der Waals surface area contributed by atoms with E-state index in [1.165, 1.54) is 12.8 Å². The lowest BCUT2D eigenvalue weighted by atomic mass is 9.92. The molecule has 1 atom stereocenters. The number of nitrogens with one attached hydrogen (secondary N) is 1. The largest absolute Gasteiger partial charge is 0.465 e. The van der Waals surface area contributed by atoms with E-state index in [0.717, 1.165) is 31.8 Å². The van der Waals surface area contributed by atoms with Gasteiger partial charge in [-0.25, -0.2) is 4.79 Å². The Morgan fingerprint density at radius 3 is 2.50 bits per heavy atom. The molecule has 1 N–H and O–H groups in total. The molecule has 4 heteroatoms. The molecule has 0 aromatic heterocycles. The third-order valence-corrected chi connectivity index (χ3v) is 4.15. The van der Waals surface area contributed by atoms with E-state index in [2.05, 4.69) is 17.3 Å². The molecule has 0 amide bonds. The fraction of sp³-hybridized carbons (Fsp3) is 0.929. The van der Waals surface area contributed by atoms with Crippen LogP contribution in [0.15, 0.2) is 0 Å². The molecule has 4 nitrogen and oxygen atoms in total. The van der Waals surface area contributed by atoms with Gasteiger partial charge in [-0.3, -0.25) is 0 Å². The zero-order valence-electron chi connectivity index (χ0n) is 11.9. The van der Waals surface area contributed by atoms with Crippen LogP contribution in [0.25, 0.3) is 0 Å². The highest BCUT2D eigenvalue weighted by molar-refractivity contribution is 5.82. The standard InChI is InChI=1S/C14H26N2O2/c1-4-18-13(17)14(15-2,12-7-8-12)10-16(3)9-11-5-6-11/h11-12,15H,4-10H2,1-3H3. The van der Waals surface area contributed by atoms with E-state index in [9.17, 15) is 4.79 Å². The first-order valence-corrected chi connectivity index (χ1v) is 7.17. The molecule has 0 radical (unpaired) electrons. The van der Waals surface area contributed by atoms with Gasteiger partial charge in [0.05, 0.1) is 6.61 Å². The topological polar surface area (TPSA) is 41.6 Å². The van der Waals surface area contributed by atoms with Gasteiger partial charge in [0.1, 0.15) is 5.54 Å². The van der Waals surface area contributed by atoms with Crippen molar-refractivity contribution < 1.29 is 9.53 Å². The Kier molecular flexibility index (Phi) is 4.28. The molecule has 0 heterocycles. The van der Waals surface area contributed by atoms with Crippen LogP contribution in [0.1, 0.15) is 32.6 Å². The Labute approximate surface area is 110 Å². The molecule has 0 aromatic rings. The van der Waals surface area contributed by atoms with Crippen molar-refractivity contribution in [1.29, 1.82) is 0 Å². The van der Waals surface area contributed by atoms with Crippen LogP contribution in [0.4, 0.5) is 0 Å². The molecule has 1 unspecified atom stereocenters. The quantitative estimate of drug-likeness (QED) is 0.662.